The lowest BCUT2D eigenvalue weighted by Crippen LogP contribution is -2.44. The number of nitrogens with zero attached hydrogens (tertiary/aromatic N) is 2. The van der Waals surface area contributed by atoms with Gasteiger partial charge in [0.1, 0.15) is 5.82 Å². The second-order valence-electron chi connectivity index (χ2n) is 8.79. The summed E-state index contributed by atoms with van der Waals surface area (Å²) in [7, 11) is -3.77. The fourth-order valence-electron chi connectivity index (χ4n) is 4.71. The molecule has 0 N–H and O–H groups in total. The first-order chi connectivity index (χ1) is 15.2. The Morgan fingerprint density at radius 1 is 1.00 bits per heavy atom. The number of hydrogen-bond donors (Lipinski definition) is 0. The van der Waals surface area contributed by atoms with E-state index in [1.54, 1.807) is 0 Å². The summed E-state index contributed by atoms with van der Waals surface area (Å²) < 4.78 is 40.7. The smallest absolute Gasteiger partial charge is 0.243 e. The number of hydrogen-bond acceptors (Lipinski definition) is 3. The number of rotatable bonds is 4. The van der Waals surface area contributed by atoms with E-state index in [1.807, 2.05) is 4.90 Å². The van der Waals surface area contributed by atoms with E-state index in [9.17, 15) is 17.6 Å². The van der Waals surface area contributed by atoms with Crippen molar-refractivity contribution in [1.82, 2.24) is 9.21 Å². The molecule has 2 aromatic rings. The van der Waals surface area contributed by atoms with Crippen molar-refractivity contribution >= 4 is 27.5 Å². The van der Waals surface area contributed by atoms with E-state index in [0.29, 0.717) is 12.8 Å². The van der Waals surface area contributed by atoms with Crippen LogP contribution in [0.3, 0.4) is 0 Å². The second kappa shape index (κ2) is 9.12. The Balaban J connectivity index is 1.43. The number of likely N-dealkylation sites (tertiary alicyclic amines) is 1. The van der Waals surface area contributed by atoms with Crippen LogP contribution in [-0.2, 0) is 14.8 Å². The fourth-order valence-corrected chi connectivity index (χ4v) is 6.45. The molecule has 2 saturated heterocycles. The first-order valence-corrected chi connectivity index (χ1v) is 12.8. The highest BCUT2D eigenvalue weighted by molar-refractivity contribution is 7.89. The zero-order valence-corrected chi connectivity index (χ0v) is 19.9. The molecule has 2 aromatic carbocycles. The topological polar surface area (TPSA) is 57.7 Å². The van der Waals surface area contributed by atoms with Gasteiger partial charge in [0.2, 0.25) is 15.9 Å². The predicted octanol–water partition coefficient (Wildman–Crippen LogP) is 4.86. The monoisotopic (exact) mass is 478 g/mol. The highest BCUT2D eigenvalue weighted by Gasteiger charge is 2.37. The van der Waals surface area contributed by atoms with Gasteiger partial charge in [-0.2, -0.15) is 4.31 Å². The molecule has 0 aromatic heterocycles. The lowest BCUT2D eigenvalue weighted by molar-refractivity contribution is -0.137. The Labute approximate surface area is 194 Å². The molecule has 0 saturated carbocycles. The summed E-state index contributed by atoms with van der Waals surface area (Å²) in [6, 6.07) is 9.91. The zero-order chi connectivity index (χ0) is 23.0. The Morgan fingerprint density at radius 3 is 2.38 bits per heavy atom. The highest BCUT2D eigenvalue weighted by Crippen LogP contribution is 2.36. The summed E-state index contributed by atoms with van der Waals surface area (Å²) >= 11 is 5.77. The molecule has 8 heteroatoms. The maximum Gasteiger partial charge on any atom is 0.243 e. The van der Waals surface area contributed by atoms with Crippen molar-refractivity contribution in [3.8, 4) is 0 Å². The number of aryl methyl sites for hydroxylation is 2. The van der Waals surface area contributed by atoms with Crippen molar-refractivity contribution in [2.45, 2.75) is 50.5 Å². The van der Waals surface area contributed by atoms with Crippen LogP contribution in [0.15, 0.2) is 41.3 Å². The third-order valence-electron chi connectivity index (χ3n) is 6.78. The molecule has 0 radical (unpaired) electrons. The van der Waals surface area contributed by atoms with Gasteiger partial charge in [0, 0.05) is 25.6 Å². The van der Waals surface area contributed by atoms with Crippen molar-refractivity contribution in [2.24, 2.45) is 5.92 Å². The summed E-state index contributed by atoms with van der Waals surface area (Å²) in [5.74, 6) is -0.725. The standard InChI is InChI=1S/C24H28ClFN2O3S/c1-16-5-6-19(14-17(16)2)23-4-3-11-28(23)24(29)18-9-12-27(13-10-18)32(30,31)20-7-8-22(26)21(25)15-20/h5-8,14-15,18,23H,3-4,9-13H2,1-2H3. The van der Waals surface area contributed by atoms with Crippen molar-refractivity contribution in [3.63, 3.8) is 0 Å². The fraction of sp³-hybridized carbons (Fsp3) is 0.458. The highest BCUT2D eigenvalue weighted by atomic mass is 35.5. The Kier molecular flexibility index (Phi) is 6.61. The summed E-state index contributed by atoms with van der Waals surface area (Å²) in [4.78, 5) is 15.3. The van der Waals surface area contributed by atoms with E-state index in [2.05, 4.69) is 32.0 Å². The molecule has 4 rings (SSSR count). The Hall–Kier alpha value is -1.96. The molecule has 2 aliphatic heterocycles. The number of benzene rings is 2. The van der Waals surface area contributed by atoms with Gasteiger partial charge in [0.25, 0.3) is 0 Å². The van der Waals surface area contributed by atoms with Crippen LogP contribution in [0.5, 0.6) is 0 Å². The third-order valence-corrected chi connectivity index (χ3v) is 8.97. The van der Waals surface area contributed by atoms with Crippen molar-refractivity contribution < 1.29 is 17.6 Å². The lowest BCUT2D eigenvalue weighted by atomic mass is 9.94. The van der Waals surface area contributed by atoms with Crippen LogP contribution in [-0.4, -0.2) is 43.2 Å². The van der Waals surface area contributed by atoms with E-state index < -0.39 is 15.8 Å². The SMILES string of the molecule is Cc1ccc(C2CCCN2C(=O)C2CCN(S(=O)(=O)c3ccc(F)c(Cl)c3)CC2)cc1C. The summed E-state index contributed by atoms with van der Waals surface area (Å²) in [5, 5.41) is -0.220. The van der Waals surface area contributed by atoms with Crippen LogP contribution in [0.25, 0.3) is 0 Å². The quantitative estimate of drug-likeness (QED) is 0.630. The molecule has 1 amide bonds. The van der Waals surface area contributed by atoms with Crippen molar-refractivity contribution in [1.29, 1.82) is 0 Å². The van der Waals surface area contributed by atoms with Gasteiger partial charge < -0.3 is 4.90 Å². The number of halogens is 2. The minimum Gasteiger partial charge on any atom is -0.335 e. The maximum atomic E-state index is 13.4. The van der Waals surface area contributed by atoms with Crippen LogP contribution in [0, 0.1) is 25.6 Å². The molecule has 2 aliphatic rings. The maximum absolute atomic E-state index is 13.4. The zero-order valence-electron chi connectivity index (χ0n) is 18.4. The number of piperidine rings is 1. The van der Waals surface area contributed by atoms with Gasteiger partial charge in [-0.25, -0.2) is 12.8 Å². The van der Waals surface area contributed by atoms with Crippen LogP contribution >= 0.6 is 11.6 Å². The third kappa shape index (κ3) is 4.43. The molecule has 1 unspecified atom stereocenters. The largest absolute Gasteiger partial charge is 0.335 e. The van der Waals surface area contributed by atoms with Gasteiger partial charge in [-0.1, -0.05) is 29.8 Å². The molecule has 2 fully saturated rings. The molecule has 0 bridgehead atoms. The van der Waals surface area contributed by atoms with Crippen LogP contribution in [0.1, 0.15) is 48.4 Å². The summed E-state index contributed by atoms with van der Waals surface area (Å²) in [5.41, 5.74) is 3.63. The molecule has 172 valence electrons. The van der Waals surface area contributed by atoms with E-state index in [4.69, 9.17) is 11.6 Å². The number of sulfonamides is 1. The Morgan fingerprint density at radius 2 is 1.72 bits per heavy atom. The molecule has 32 heavy (non-hydrogen) atoms. The molecular formula is C24H28ClFN2O3S. The number of carbonyl (C=O) groups is 1. The minimum atomic E-state index is -3.77. The molecular weight excluding hydrogens is 451 g/mol. The lowest BCUT2D eigenvalue weighted by Gasteiger charge is -2.34. The van der Waals surface area contributed by atoms with Gasteiger partial charge >= 0.3 is 0 Å². The Bertz CT molecular complexity index is 1130. The normalized spacial score (nSPS) is 20.6. The van der Waals surface area contributed by atoms with E-state index in [0.717, 1.165) is 31.5 Å². The number of carbonyl (C=O) groups excluding carboxylic acids is 1. The average Bonchev–Trinajstić information content (AvgIpc) is 3.27. The molecule has 2 heterocycles. The number of amides is 1. The summed E-state index contributed by atoms with van der Waals surface area (Å²) in [6.45, 7) is 5.43. The first-order valence-electron chi connectivity index (χ1n) is 11.0. The van der Waals surface area contributed by atoms with E-state index in [-0.39, 0.29) is 40.9 Å². The van der Waals surface area contributed by atoms with Crippen LogP contribution in [0.2, 0.25) is 5.02 Å². The van der Waals surface area contributed by atoms with Crippen molar-refractivity contribution in [2.75, 3.05) is 19.6 Å². The van der Waals surface area contributed by atoms with E-state index >= 15 is 0 Å². The molecule has 1 atom stereocenters. The average molecular weight is 479 g/mol. The molecule has 0 spiro atoms. The van der Waals surface area contributed by atoms with Gasteiger partial charge in [-0.15, -0.1) is 0 Å². The van der Waals surface area contributed by atoms with Crippen LogP contribution in [0.4, 0.5) is 4.39 Å². The van der Waals surface area contributed by atoms with Gasteiger partial charge in [-0.3, -0.25) is 4.79 Å². The minimum absolute atomic E-state index is 0.0250. The van der Waals surface area contributed by atoms with Gasteiger partial charge in [-0.05, 0) is 74.4 Å². The van der Waals surface area contributed by atoms with Crippen molar-refractivity contribution in [3.05, 3.63) is 63.9 Å². The molecule has 5 nitrogen and oxygen atoms in total. The predicted molar refractivity (Wildman–Crippen MR) is 122 cm³/mol. The summed E-state index contributed by atoms with van der Waals surface area (Å²) in [6.07, 6.45) is 2.88. The van der Waals surface area contributed by atoms with Crippen LogP contribution < -0.4 is 0 Å². The van der Waals surface area contributed by atoms with Gasteiger partial charge in [0.05, 0.1) is 16.0 Å². The second-order valence-corrected chi connectivity index (χ2v) is 11.1. The first kappa shape index (κ1) is 23.2. The van der Waals surface area contributed by atoms with E-state index in [1.165, 1.54) is 27.1 Å². The molecule has 0 aliphatic carbocycles. The van der Waals surface area contributed by atoms with Gasteiger partial charge in [0.15, 0.2) is 0 Å².